The molecule has 30 heavy (non-hydrogen) atoms. The lowest BCUT2D eigenvalue weighted by molar-refractivity contribution is 0.102. The van der Waals surface area contributed by atoms with E-state index in [4.69, 9.17) is 0 Å². The number of amides is 1. The van der Waals surface area contributed by atoms with Crippen LogP contribution >= 0.6 is 0 Å². The third-order valence-electron chi connectivity index (χ3n) is 4.24. The minimum absolute atomic E-state index is 0.0763. The van der Waals surface area contributed by atoms with Gasteiger partial charge in [0.05, 0.1) is 21.0 Å². The largest absolute Gasteiger partial charge is 0.322 e. The molecule has 0 spiro atoms. The number of nitrogens with one attached hydrogen (secondary N) is 2. The molecule has 9 heteroatoms. The minimum Gasteiger partial charge on any atom is -0.322 e. The molecule has 0 atom stereocenters. The molecule has 0 aromatic heterocycles. The fourth-order valence-corrected chi connectivity index (χ4v) is 4.63. The summed E-state index contributed by atoms with van der Waals surface area (Å²) in [6.07, 6.45) is 0.997. The second-order valence-electron chi connectivity index (χ2n) is 6.72. The molecule has 3 aromatic rings. The van der Waals surface area contributed by atoms with Crippen molar-refractivity contribution in [3.05, 3.63) is 83.9 Å². The van der Waals surface area contributed by atoms with Gasteiger partial charge in [-0.05, 0) is 55.0 Å². The lowest BCUT2D eigenvalue weighted by Gasteiger charge is -2.13. The fourth-order valence-electron chi connectivity index (χ4n) is 2.77. The van der Waals surface area contributed by atoms with E-state index in [-0.39, 0.29) is 21.0 Å². The summed E-state index contributed by atoms with van der Waals surface area (Å²) in [7, 11) is -7.70. The molecule has 0 bridgehead atoms. The van der Waals surface area contributed by atoms with Crippen molar-refractivity contribution in [2.75, 3.05) is 16.3 Å². The highest BCUT2D eigenvalue weighted by molar-refractivity contribution is 7.93. The average Bonchev–Trinajstić information content (AvgIpc) is 2.67. The van der Waals surface area contributed by atoms with Crippen LogP contribution < -0.4 is 10.0 Å². The van der Waals surface area contributed by atoms with Crippen LogP contribution in [0.4, 0.5) is 11.4 Å². The van der Waals surface area contributed by atoms with Crippen molar-refractivity contribution in [2.45, 2.75) is 16.7 Å². The van der Waals surface area contributed by atoms with Crippen LogP contribution in [0, 0.1) is 6.92 Å². The molecule has 0 saturated heterocycles. The van der Waals surface area contributed by atoms with E-state index in [0.29, 0.717) is 5.69 Å². The minimum atomic E-state index is -4.13. The molecule has 2 N–H and O–H groups in total. The lowest BCUT2D eigenvalue weighted by Crippen LogP contribution is -2.19. The number of sulfone groups is 1. The van der Waals surface area contributed by atoms with Crippen molar-refractivity contribution in [1.29, 1.82) is 0 Å². The van der Waals surface area contributed by atoms with Gasteiger partial charge in [-0.15, -0.1) is 0 Å². The highest BCUT2D eigenvalue weighted by atomic mass is 32.2. The molecule has 156 valence electrons. The maximum Gasteiger partial charge on any atom is 0.261 e. The number of hydrogen-bond donors (Lipinski definition) is 2. The lowest BCUT2D eigenvalue weighted by atomic mass is 10.1. The van der Waals surface area contributed by atoms with Crippen LogP contribution in [0.1, 0.15) is 15.9 Å². The van der Waals surface area contributed by atoms with Gasteiger partial charge in [0, 0.05) is 11.9 Å². The smallest absolute Gasteiger partial charge is 0.261 e. The van der Waals surface area contributed by atoms with Gasteiger partial charge >= 0.3 is 0 Å². The van der Waals surface area contributed by atoms with Gasteiger partial charge in [-0.3, -0.25) is 9.52 Å². The number of rotatable bonds is 6. The number of anilines is 2. The zero-order valence-corrected chi connectivity index (χ0v) is 17.9. The Balaban J connectivity index is 1.91. The second-order valence-corrected chi connectivity index (χ2v) is 10.4. The predicted octanol–water partition coefficient (Wildman–Crippen LogP) is 3.45. The Morgan fingerprint density at radius 3 is 2.17 bits per heavy atom. The molecule has 0 radical (unpaired) electrons. The topological polar surface area (TPSA) is 109 Å². The van der Waals surface area contributed by atoms with Gasteiger partial charge < -0.3 is 5.32 Å². The quantitative estimate of drug-likeness (QED) is 0.605. The number of sulfonamides is 1. The van der Waals surface area contributed by atoms with Crippen LogP contribution in [0.25, 0.3) is 0 Å². The Hall–Kier alpha value is -3.17. The molecule has 3 aromatic carbocycles. The van der Waals surface area contributed by atoms with Gasteiger partial charge in [0.1, 0.15) is 0 Å². The van der Waals surface area contributed by atoms with Crippen molar-refractivity contribution < 1.29 is 21.6 Å². The van der Waals surface area contributed by atoms with Crippen LogP contribution in [0.3, 0.4) is 0 Å². The van der Waals surface area contributed by atoms with Crippen LogP contribution in [-0.2, 0) is 19.9 Å². The number of carbonyl (C=O) groups is 1. The fraction of sp³-hybridized carbons (Fsp3) is 0.0952. The summed E-state index contributed by atoms with van der Waals surface area (Å²) in [5, 5.41) is 2.74. The van der Waals surface area contributed by atoms with Crippen molar-refractivity contribution in [3.8, 4) is 0 Å². The molecular weight excluding hydrogens is 424 g/mol. The zero-order valence-electron chi connectivity index (χ0n) is 16.3. The Morgan fingerprint density at radius 1 is 0.800 bits per heavy atom. The molecule has 0 saturated carbocycles. The molecule has 0 unspecified atom stereocenters. The molecule has 0 heterocycles. The Bertz CT molecular complexity index is 1320. The molecule has 3 rings (SSSR count). The maximum absolute atomic E-state index is 12.8. The van der Waals surface area contributed by atoms with E-state index in [9.17, 15) is 21.6 Å². The molecule has 1 amide bonds. The molecule has 0 aliphatic carbocycles. The third kappa shape index (κ3) is 5.05. The highest BCUT2D eigenvalue weighted by Crippen LogP contribution is 2.23. The van der Waals surface area contributed by atoms with Gasteiger partial charge in [0.2, 0.25) is 0 Å². The first-order valence-electron chi connectivity index (χ1n) is 8.86. The van der Waals surface area contributed by atoms with Gasteiger partial charge in [0.25, 0.3) is 15.9 Å². The van der Waals surface area contributed by atoms with Crippen molar-refractivity contribution in [3.63, 3.8) is 0 Å². The van der Waals surface area contributed by atoms with Gasteiger partial charge in [-0.2, -0.15) is 0 Å². The highest BCUT2D eigenvalue weighted by Gasteiger charge is 2.20. The Kier molecular flexibility index (Phi) is 5.95. The first-order chi connectivity index (χ1) is 14.1. The maximum atomic E-state index is 12.8. The van der Waals surface area contributed by atoms with E-state index >= 15 is 0 Å². The third-order valence-corrected chi connectivity index (χ3v) is 6.71. The van der Waals surface area contributed by atoms with Crippen LogP contribution in [-0.4, -0.2) is 29.0 Å². The molecule has 7 nitrogen and oxygen atoms in total. The Labute approximate surface area is 175 Å². The van der Waals surface area contributed by atoms with E-state index in [1.165, 1.54) is 30.3 Å². The van der Waals surface area contributed by atoms with Crippen LogP contribution in [0.2, 0.25) is 0 Å². The second kappa shape index (κ2) is 8.29. The molecule has 0 aliphatic heterocycles. The van der Waals surface area contributed by atoms with E-state index < -0.39 is 25.8 Å². The summed E-state index contributed by atoms with van der Waals surface area (Å²) < 4.78 is 51.5. The standard InChI is InChI=1S/C21H20N2O5S2/c1-15-7-5-8-16(13-15)22-21(24)19-11-3-4-12-20(19)23-30(27,28)18-10-6-9-17(14-18)29(2,25)26/h3-14,23H,1-2H3,(H,22,24). The summed E-state index contributed by atoms with van der Waals surface area (Å²) >= 11 is 0. The van der Waals surface area contributed by atoms with Gasteiger partial charge in [-0.1, -0.05) is 30.3 Å². The number of carbonyl (C=O) groups excluding carboxylic acids is 1. The first-order valence-corrected chi connectivity index (χ1v) is 12.2. The predicted molar refractivity (Wildman–Crippen MR) is 116 cm³/mol. The summed E-state index contributed by atoms with van der Waals surface area (Å²) in [5.41, 5.74) is 1.75. The molecule has 0 fully saturated rings. The summed E-state index contributed by atoms with van der Waals surface area (Å²) in [5.74, 6) is -0.483. The van der Waals surface area contributed by atoms with Crippen LogP contribution in [0.15, 0.2) is 82.6 Å². The average molecular weight is 445 g/mol. The SMILES string of the molecule is Cc1cccc(NC(=O)c2ccccc2NS(=O)(=O)c2cccc(S(C)(=O)=O)c2)c1. The van der Waals surface area contributed by atoms with Crippen LogP contribution in [0.5, 0.6) is 0 Å². The van der Waals surface area contributed by atoms with E-state index in [1.54, 1.807) is 30.3 Å². The summed E-state index contributed by atoms with van der Waals surface area (Å²) in [6, 6.07) is 18.4. The zero-order chi connectivity index (χ0) is 21.9. The number of aryl methyl sites for hydroxylation is 1. The number of benzene rings is 3. The summed E-state index contributed by atoms with van der Waals surface area (Å²) in [4.78, 5) is 12.4. The molecule has 0 aliphatic rings. The van der Waals surface area contributed by atoms with E-state index in [2.05, 4.69) is 10.0 Å². The number of hydrogen-bond acceptors (Lipinski definition) is 5. The molecular formula is C21H20N2O5S2. The van der Waals surface area contributed by atoms with E-state index in [0.717, 1.165) is 17.9 Å². The number of para-hydroxylation sites is 1. The van der Waals surface area contributed by atoms with E-state index in [1.807, 2.05) is 13.0 Å². The monoisotopic (exact) mass is 444 g/mol. The van der Waals surface area contributed by atoms with Crippen molar-refractivity contribution in [1.82, 2.24) is 0 Å². The van der Waals surface area contributed by atoms with Crippen molar-refractivity contribution >= 4 is 37.1 Å². The Morgan fingerprint density at radius 2 is 1.47 bits per heavy atom. The van der Waals surface area contributed by atoms with Gasteiger partial charge in [-0.25, -0.2) is 16.8 Å². The summed E-state index contributed by atoms with van der Waals surface area (Å²) in [6.45, 7) is 1.89. The first kappa shape index (κ1) is 21.5. The van der Waals surface area contributed by atoms with Gasteiger partial charge in [0.15, 0.2) is 9.84 Å². The normalized spacial score (nSPS) is 11.7. The van der Waals surface area contributed by atoms with Crippen molar-refractivity contribution in [2.24, 2.45) is 0 Å².